The predicted octanol–water partition coefficient (Wildman–Crippen LogP) is 2.97. The fraction of sp³-hybridized carbons (Fsp3) is 0.333. The molecule has 8 N–H and O–H groups in total. The minimum Gasteiger partial charge on any atom is -0.489 e. The molecular formula is C33H40N6O6. The number of nitrogen functional groups attached to an aromatic ring is 2. The van der Waals surface area contributed by atoms with Crippen LogP contribution in [0.1, 0.15) is 36.5 Å². The van der Waals surface area contributed by atoms with Gasteiger partial charge in [-0.15, -0.1) is 0 Å². The first-order valence-electron chi connectivity index (χ1n) is 14.7. The van der Waals surface area contributed by atoms with Crippen molar-refractivity contribution in [3.8, 4) is 11.5 Å². The van der Waals surface area contributed by atoms with E-state index in [1.165, 1.54) is 0 Å². The van der Waals surface area contributed by atoms with Crippen LogP contribution in [-0.2, 0) is 16.1 Å². The minimum absolute atomic E-state index is 0.0135. The number of aliphatic carboxylic acids is 2. The molecule has 0 aromatic heterocycles. The van der Waals surface area contributed by atoms with Crippen LogP contribution in [0.15, 0.2) is 78.9 Å². The average molecular weight is 617 g/mol. The van der Waals surface area contributed by atoms with Gasteiger partial charge in [0.2, 0.25) is 0 Å². The maximum atomic E-state index is 11.6. The molecule has 2 saturated heterocycles. The molecule has 0 aliphatic carbocycles. The highest BCUT2D eigenvalue weighted by Gasteiger charge is 2.38. The van der Waals surface area contributed by atoms with Gasteiger partial charge in [-0.2, -0.15) is 0 Å². The number of nitrogens with zero attached hydrogens (tertiary/aromatic N) is 2. The largest absolute Gasteiger partial charge is 0.489 e. The van der Waals surface area contributed by atoms with E-state index in [1.54, 1.807) is 48.5 Å². The van der Waals surface area contributed by atoms with E-state index < -0.39 is 24.0 Å². The van der Waals surface area contributed by atoms with Gasteiger partial charge in [-0.1, -0.05) is 61.5 Å². The molecule has 2 aliphatic heterocycles. The second-order valence-corrected chi connectivity index (χ2v) is 11.0. The van der Waals surface area contributed by atoms with Gasteiger partial charge in [-0.05, 0) is 36.4 Å². The molecule has 0 unspecified atom stereocenters. The van der Waals surface area contributed by atoms with Crippen molar-refractivity contribution in [1.29, 1.82) is 10.8 Å². The van der Waals surface area contributed by atoms with Crippen molar-refractivity contribution >= 4 is 23.6 Å². The third-order valence-corrected chi connectivity index (χ3v) is 7.83. The summed E-state index contributed by atoms with van der Waals surface area (Å²) < 4.78 is 11.8. The van der Waals surface area contributed by atoms with Crippen LogP contribution in [0.5, 0.6) is 11.5 Å². The Morgan fingerprint density at radius 3 is 1.64 bits per heavy atom. The fourth-order valence-electron chi connectivity index (χ4n) is 5.61. The molecule has 12 heteroatoms. The van der Waals surface area contributed by atoms with Crippen molar-refractivity contribution in [3.63, 3.8) is 0 Å². The molecule has 5 rings (SSSR count). The number of carbonyl (C=O) groups is 2. The average Bonchev–Trinajstić information content (AvgIpc) is 3.62. The van der Waals surface area contributed by atoms with E-state index in [9.17, 15) is 19.8 Å². The van der Waals surface area contributed by atoms with Gasteiger partial charge in [-0.3, -0.25) is 30.2 Å². The number of rotatable bonds is 11. The molecule has 3 aromatic rings. The van der Waals surface area contributed by atoms with Crippen molar-refractivity contribution < 1.29 is 29.3 Å². The number of carboxylic acids is 2. The molecule has 0 amide bonds. The molecule has 45 heavy (non-hydrogen) atoms. The summed E-state index contributed by atoms with van der Waals surface area (Å²) in [6, 6.07) is 22.8. The molecule has 238 valence electrons. The summed E-state index contributed by atoms with van der Waals surface area (Å²) in [5.74, 6) is -0.463. The lowest BCUT2D eigenvalue weighted by molar-refractivity contribution is -0.143. The molecule has 0 saturated carbocycles. The topological polar surface area (TPSA) is 199 Å². The highest BCUT2D eigenvalue weighted by molar-refractivity contribution is 5.95. The Bertz CT molecular complexity index is 1500. The van der Waals surface area contributed by atoms with Crippen LogP contribution in [-0.4, -0.2) is 87.5 Å². The number of nitrogens with two attached hydrogens (primary N) is 2. The summed E-state index contributed by atoms with van der Waals surface area (Å²) >= 11 is 0. The summed E-state index contributed by atoms with van der Waals surface area (Å²) in [5.41, 5.74) is 13.2. The van der Waals surface area contributed by atoms with E-state index in [0.717, 1.165) is 5.56 Å². The van der Waals surface area contributed by atoms with Crippen molar-refractivity contribution in [2.75, 3.05) is 19.6 Å². The van der Waals surface area contributed by atoms with E-state index >= 15 is 0 Å². The SMILES string of the molecule is CCN1C[C@H](Oc2cccc(C(=N)N)c2)C[C@H]1C(=O)O.N=C(N)c1cccc(O[C@@H]2C[C@@H](C(=O)O)N(Cc3ccccc3)C2)c1. The third-order valence-electron chi connectivity index (χ3n) is 7.83. The second-order valence-electron chi connectivity index (χ2n) is 11.0. The quantitative estimate of drug-likeness (QED) is 0.137. The Hall–Kier alpha value is -4.94. The summed E-state index contributed by atoms with van der Waals surface area (Å²) in [7, 11) is 0. The van der Waals surface area contributed by atoms with Gasteiger partial charge in [0.25, 0.3) is 0 Å². The normalized spacial score (nSPS) is 21.4. The second kappa shape index (κ2) is 15.2. The molecule has 2 fully saturated rings. The molecule has 2 heterocycles. The highest BCUT2D eigenvalue weighted by Crippen LogP contribution is 2.26. The molecule has 3 aromatic carbocycles. The number of benzene rings is 3. The van der Waals surface area contributed by atoms with Crippen molar-refractivity contribution in [2.45, 2.75) is 50.6 Å². The van der Waals surface area contributed by atoms with E-state index in [2.05, 4.69) is 0 Å². The maximum Gasteiger partial charge on any atom is 0.321 e. The maximum absolute atomic E-state index is 11.6. The number of carboxylic acid groups (broad SMARTS) is 2. The van der Waals surface area contributed by atoms with Crippen molar-refractivity contribution in [3.05, 3.63) is 95.6 Å². The van der Waals surface area contributed by atoms with E-state index in [4.69, 9.17) is 31.8 Å². The Morgan fingerprint density at radius 1 is 0.756 bits per heavy atom. The van der Waals surface area contributed by atoms with Crippen LogP contribution in [0, 0.1) is 10.8 Å². The summed E-state index contributed by atoms with van der Waals surface area (Å²) in [4.78, 5) is 26.6. The number of likely N-dealkylation sites (N-methyl/N-ethyl adjacent to an activating group) is 1. The van der Waals surface area contributed by atoms with Crippen LogP contribution >= 0.6 is 0 Å². The Labute approximate surface area is 262 Å². The summed E-state index contributed by atoms with van der Waals surface area (Å²) in [6.07, 6.45) is 0.519. The molecule has 0 spiro atoms. The number of hydrogen-bond donors (Lipinski definition) is 6. The number of ether oxygens (including phenoxy) is 2. The zero-order valence-electron chi connectivity index (χ0n) is 25.1. The van der Waals surface area contributed by atoms with Gasteiger partial charge in [-0.25, -0.2) is 0 Å². The Kier molecular flexibility index (Phi) is 11.1. The first-order valence-corrected chi connectivity index (χ1v) is 14.7. The summed E-state index contributed by atoms with van der Waals surface area (Å²) in [6.45, 7) is 4.33. The zero-order chi connectivity index (χ0) is 32.5. The van der Waals surface area contributed by atoms with Crippen molar-refractivity contribution in [1.82, 2.24) is 9.80 Å². The molecule has 0 radical (unpaired) electrons. The van der Waals surface area contributed by atoms with Crippen LogP contribution < -0.4 is 20.9 Å². The first-order chi connectivity index (χ1) is 21.5. The molecule has 2 aliphatic rings. The lowest BCUT2D eigenvalue weighted by atomic mass is 10.1. The number of likely N-dealkylation sites (tertiary alicyclic amines) is 2. The van der Waals surface area contributed by atoms with Gasteiger partial charge in [0.05, 0.1) is 0 Å². The number of hydrogen-bond acceptors (Lipinski definition) is 8. The smallest absolute Gasteiger partial charge is 0.321 e. The first kappa shape index (κ1) is 33.0. The van der Waals surface area contributed by atoms with Crippen LogP contribution in [0.3, 0.4) is 0 Å². The van der Waals surface area contributed by atoms with Crippen LogP contribution in [0.25, 0.3) is 0 Å². The number of amidine groups is 2. The predicted molar refractivity (Wildman–Crippen MR) is 170 cm³/mol. The van der Waals surface area contributed by atoms with E-state index in [1.807, 2.05) is 47.1 Å². The molecule has 4 atom stereocenters. The van der Waals surface area contributed by atoms with Gasteiger partial charge < -0.3 is 31.2 Å². The Morgan fingerprint density at radius 2 is 1.22 bits per heavy atom. The summed E-state index contributed by atoms with van der Waals surface area (Å²) in [5, 5.41) is 33.6. The molecule has 12 nitrogen and oxygen atoms in total. The van der Waals surface area contributed by atoms with Crippen LogP contribution in [0.2, 0.25) is 0 Å². The minimum atomic E-state index is -0.834. The van der Waals surface area contributed by atoms with Gasteiger partial charge in [0.15, 0.2) is 0 Å². The third kappa shape index (κ3) is 9.03. The van der Waals surface area contributed by atoms with Gasteiger partial charge in [0, 0.05) is 43.6 Å². The lowest BCUT2D eigenvalue weighted by Gasteiger charge is -2.20. The van der Waals surface area contributed by atoms with E-state index in [-0.39, 0.29) is 23.9 Å². The van der Waals surface area contributed by atoms with E-state index in [0.29, 0.717) is 61.6 Å². The van der Waals surface area contributed by atoms with Gasteiger partial charge >= 0.3 is 11.9 Å². The van der Waals surface area contributed by atoms with Gasteiger partial charge in [0.1, 0.15) is 47.5 Å². The molecule has 0 bridgehead atoms. The lowest BCUT2D eigenvalue weighted by Crippen LogP contribution is -2.35. The monoisotopic (exact) mass is 616 g/mol. The van der Waals surface area contributed by atoms with Crippen molar-refractivity contribution in [2.24, 2.45) is 11.5 Å². The molecular weight excluding hydrogens is 576 g/mol. The standard InChI is InChI=1S/C19H21N3O3.C14H19N3O3/c20-18(21)14-7-4-8-15(9-14)25-16-10-17(19(23)24)22(12-16)11-13-5-2-1-3-6-13;1-2-17-8-11(7-12(17)14(18)19)20-10-5-3-4-9(6-10)13(15)16/h1-9,16-17H,10-12H2,(H3,20,21)(H,23,24);3-6,11-12H,2,7-8H2,1H3,(H3,15,16)(H,18,19)/t16-,17+;11-,12+/m11/s1. The Balaban J connectivity index is 0.000000210. The highest BCUT2D eigenvalue weighted by atomic mass is 16.5. The van der Waals surface area contributed by atoms with Crippen LogP contribution in [0.4, 0.5) is 0 Å². The number of nitrogens with one attached hydrogen (secondary N) is 2. The zero-order valence-corrected chi connectivity index (χ0v) is 25.1. The fourth-order valence-corrected chi connectivity index (χ4v) is 5.61.